The maximum absolute atomic E-state index is 13.6. The summed E-state index contributed by atoms with van der Waals surface area (Å²) in [5, 5.41) is 3.78. The summed E-state index contributed by atoms with van der Waals surface area (Å²) >= 11 is 6.06. The van der Waals surface area contributed by atoms with Crippen LogP contribution in [0.25, 0.3) is 0 Å². The van der Waals surface area contributed by atoms with E-state index in [1.807, 2.05) is 44.2 Å². The van der Waals surface area contributed by atoms with Crippen LogP contribution in [-0.2, 0) is 26.2 Å². The van der Waals surface area contributed by atoms with Crippen LogP contribution < -0.4 is 9.62 Å². The Morgan fingerprint density at radius 3 is 2.37 bits per heavy atom. The molecule has 1 aliphatic carbocycles. The molecule has 1 atom stereocenters. The van der Waals surface area contributed by atoms with Crippen LogP contribution in [-0.4, -0.2) is 50.0 Å². The van der Waals surface area contributed by atoms with Crippen molar-refractivity contribution in [1.29, 1.82) is 0 Å². The van der Waals surface area contributed by atoms with Gasteiger partial charge in [-0.2, -0.15) is 0 Å². The summed E-state index contributed by atoms with van der Waals surface area (Å²) in [6.07, 6.45) is 7.44. The third-order valence-corrected chi connectivity index (χ3v) is 8.49. The quantitative estimate of drug-likeness (QED) is 0.373. The topological polar surface area (TPSA) is 86.8 Å². The Morgan fingerprint density at radius 1 is 1.08 bits per heavy atom. The highest BCUT2D eigenvalue weighted by molar-refractivity contribution is 7.92. The fraction of sp³-hybridized carbons (Fsp3) is 0.517. The molecule has 0 heterocycles. The number of benzene rings is 2. The van der Waals surface area contributed by atoms with Gasteiger partial charge in [-0.3, -0.25) is 13.9 Å². The lowest BCUT2D eigenvalue weighted by Crippen LogP contribution is -2.51. The van der Waals surface area contributed by atoms with Gasteiger partial charge in [-0.1, -0.05) is 62.1 Å². The van der Waals surface area contributed by atoms with Crippen LogP contribution in [0.15, 0.2) is 48.5 Å². The standard InChI is InChI=1S/C29H40ClN3O4S/c1-4-27(29(35)31-25-11-6-5-7-12-25)32(21-23-15-17-24(30)18-16-23)28(34)14-9-19-33(38(3,36)37)26-13-8-10-22(2)20-26/h8,10,13,15-18,20,25,27H,4-7,9,11-12,14,19,21H2,1-3H3,(H,31,35). The summed E-state index contributed by atoms with van der Waals surface area (Å²) in [6.45, 7) is 4.27. The Hall–Kier alpha value is -2.58. The van der Waals surface area contributed by atoms with Crippen molar-refractivity contribution < 1.29 is 18.0 Å². The number of anilines is 1. The van der Waals surface area contributed by atoms with Crippen LogP contribution in [0.1, 0.15) is 69.4 Å². The predicted octanol–water partition coefficient (Wildman–Crippen LogP) is 5.45. The van der Waals surface area contributed by atoms with Gasteiger partial charge in [0.15, 0.2) is 0 Å². The molecular formula is C29H40ClN3O4S. The normalized spacial score (nSPS) is 15.1. The van der Waals surface area contributed by atoms with E-state index in [1.165, 1.54) is 17.0 Å². The second-order valence-electron chi connectivity index (χ2n) is 10.2. The average Bonchev–Trinajstić information content (AvgIpc) is 2.87. The first-order valence-electron chi connectivity index (χ1n) is 13.5. The number of aryl methyl sites for hydroxylation is 1. The molecule has 0 spiro atoms. The molecule has 38 heavy (non-hydrogen) atoms. The highest BCUT2D eigenvalue weighted by atomic mass is 35.5. The number of carbonyl (C=O) groups is 2. The van der Waals surface area contributed by atoms with Gasteiger partial charge in [0.1, 0.15) is 6.04 Å². The molecule has 0 bridgehead atoms. The van der Waals surface area contributed by atoms with Gasteiger partial charge < -0.3 is 10.2 Å². The Kier molecular flexibility index (Phi) is 11.0. The molecule has 0 saturated heterocycles. The van der Waals surface area contributed by atoms with Crippen molar-refractivity contribution in [3.8, 4) is 0 Å². The number of nitrogens with zero attached hydrogens (tertiary/aromatic N) is 2. The second-order valence-corrected chi connectivity index (χ2v) is 12.5. The van der Waals surface area contributed by atoms with Gasteiger partial charge in [0.05, 0.1) is 11.9 Å². The third kappa shape index (κ3) is 8.73. The predicted molar refractivity (Wildman–Crippen MR) is 154 cm³/mol. The number of sulfonamides is 1. The number of halogens is 1. The van der Waals surface area contributed by atoms with E-state index < -0.39 is 16.1 Å². The van der Waals surface area contributed by atoms with E-state index >= 15 is 0 Å². The Labute approximate surface area is 232 Å². The summed E-state index contributed by atoms with van der Waals surface area (Å²) < 4.78 is 26.4. The number of nitrogens with one attached hydrogen (secondary N) is 1. The lowest BCUT2D eigenvalue weighted by atomic mass is 9.95. The summed E-state index contributed by atoms with van der Waals surface area (Å²) in [5.41, 5.74) is 2.41. The van der Waals surface area contributed by atoms with E-state index in [9.17, 15) is 18.0 Å². The first-order chi connectivity index (χ1) is 18.1. The maximum Gasteiger partial charge on any atom is 0.243 e. The molecule has 2 amide bonds. The van der Waals surface area contributed by atoms with Crippen molar-refractivity contribution in [2.75, 3.05) is 17.1 Å². The fourth-order valence-corrected chi connectivity index (χ4v) is 6.12. The van der Waals surface area contributed by atoms with Gasteiger partial charge in [-0.05, 0) is 68.0 Å². The molecule has 0 aliphatic heterocycles. The minimum atomic E-state index is -3.52. The molecule has 1 unspecified atom stereocenters. The largest absolute Gasteiger partial charge is 0.352 e. The molecule has 9 heteroatoms. The molecule has 3 rings (SSSR count). The summed E-state index contributed by atoms with van der Waals surface area (Å²) in [4.78, 5) is 28.6. The molecule has 0 radical (unpaired) electrons. The summed E-state index contributed by atoms with van der Waals surface area (Å²) in [6, 6.07) is 14.1. The van der Waals surface area contributed by atoms with Crippen LogP contribution in [0.5, 0.6) is 0 Å². The molecular weight excluding hydrogens is 522 g/mol. The van der Waals surface area contributed by atoms with E-state index in [1.54, 1.807) is 23.1 Å². The smallest absolute Gasteiger partial charge is 0.243 e. The monoisotopic (exact) mass is 561 g/mol. The van der Waals surface area contributed by atoms with Gasteiger partial charge >= 0.3 is 0 Å². The molecule has 2 aromatic rings. The molecule has 0 aromatic heterocycles. The first kappa shape index (κ1) is 30.0. The summed E-state index contributed by atoms with van der Waals surface area (Å²) in [5.74, 6) is -0.303. The van der Waals surface area contributed by atoms with Crippen molar-refractivity contribution in [3.63, 3.8) is 0 Å². The van der Waals surface area contributed by atoms with Gasteiger partial charge in [-0.15, -0.1) is 0 Å². The van der Waals surface area contributed by atoms with Crippen molar-refractivity contribution in [3.05, 3.63) is 64.7 Å². The zero-order valence-electron chi connectivity index (χ0n) is 22.7. The van der Waals surface area contributed by atoms with Gasteiger partial charge in [0, 0.05) is 30.6 Å². The zero-order valence-corrected chi connectivity index (χ0v) is 24.2. The van der Waals surface area contributed by atoms with E-state index in [-0.39, 0.29) is 37.4 Å². The van der Waals surface area contributed by atoms with E-state index in [0.29, 0.717) is 23.6 Å². The van der Waals surface area contributed by atoms with Crippen LogP contribution in [0, 0.1) is 6.92 Å². The summed E-state index contributed by atoms with van der Waals surface area (Å²) in [7, 11) is -3.52. The molecule has 1 fully saturated rings. The minimum absolute atomic E-state index is 0.124. The lowest BCUT2D eigenvalue weighted by molar-refractivity contribution is -0.141. The van der Waals surface area contributed by atoms with Crippen LogP contribution in [0.3, 0.4) is 0 Å². The minimum Gasteiger partial charge on any atom is -0.352 e. The number of hydrogen-bond acceptors (Lipinski definition) is 4. The highest BCUT2D eigenvalue weighted by Gasteiger charge is 2.30. The van der Waals surface area contributed by atoms with Gasteiger partial charge in [-0.25, -0.2) is 8.42 Å². The number of hydrogen-bond donors (Lipinski definition) is 1. The second kappa shape index (κ2) is 14.0. The zero-order chi connectivity index (χ0) is 27.7. The Morgan fingerprint density at radius 2 is 1.76 bits per heavy atom. The first-order valence-corrected chi connectivity index (χ1v) is 15.7. The van der Waals surface area contributed by atoms with Crippen LogP contribution >= 0.6 is 11.6 Å². The molecule has 1 N–H and O–H groups in total. The van der Waals surface area contributed by atoms with Gasteiger partial charge in [0.2, 0.25) is 21.8 Å². The van der Waals surface area contributed by atoms with E-state index in [4.69, 9.17) is 11.6 Å². The van der Waals surface area contributed by atoms with Crippen molar-refractivity contribution in [1.82, 2.24) is 10.2 Å². The number of amides is 2. The third-order valence-electron chi connectivity index (χ3n) is 7.05. The Bertz CT molecular complexity index is 1180. The molecule has 7 nitrogen and oxygen atoms in total. The van der Waals surface area contributed by atoms with Crippen LogP contribution in [0.4, 0.5) is 5.69 Å². The molecule has 1 saturated carbocycles. The van der Waals surface area contributed by atoms with Gasteiger partial charge in [0.25, 0.3) is 0 Å². The van der Waals surface area contributed by atoms with Crippen molar-refractivity contribution in [2.45, 2.75) is 83.8 Å². The lowest BCUT2D eigenvalue weighted by Gasteiger charge is -2.33. The SMILES string of the molecule is CCC(C(=O)NC1CCCCC1)N(Cc1ccc(Cl)cc1)C(=O)CCCN(c1cccc(C)c1)S(C)(=O)=O. The fourth-order valence-electron chi connectivity index (χ4n) is 5.04. The average molecular weight is 562 g/mol. The van der Waals surface area contributed by atoms with Crippen LogP contribution in [0.2, 0.25) is 5.02 Å². The van der Waals surface area contributed by atoms with E-state index in [0.717, 1.165) is 36.8 Å². The van der Waals surface area contributed by atoms with Crippen molar-refractivity contribution >= 4 is 39.1 Å². The molecule has 208 valence electrons. The number of carbonyl (C=O) groups excluding carboxylic acids is 2. The maximum atomic E-state index is 13.6. The van der Waals surface area contributed by atoms with Crippen molar-refractivity contribution in [2.24, 2.45) is 0 Å². The number of rotatable bonds is 12. The Balaban J connectivity index is 1.75. The molecule has 1 aliphatic rings. The highest BCUT2D eigenvalue weighted by Crippen LogP contribution is 2.22. The van der Waals surface area contributed by atoms with E-state index in [2.05, 4.69) is 5.32 Å². The molecule has 2 aromatic carbocycles.